The van der Waals surface area contributed by atoms with Crippen LogP contribution in [0.1, 0.15) is 63.6 Å². The minimum absolute atomic E-state index is 0.0778. The zero-order valence-electron chi connectivity index (χ0n) is 19.0. The quantitative estimate of drug-likeness (QED) is 0.531. The van der Waals surface area contributed by atoms with Crippen LogP contribution in [0.4, 0.5) is 10.1 Å². The second kappa shape index (κ2) is 8.36. The van der Waals surface area contributed by atoms with E-state index in [1.54, 1.807) is 24.3 Å². The number of anilines is 1. The summed E-state index contributed by atoms with van der Waals surface area (Å²) < 4.78 is 15.4. The fourth-order valence-electron chi connectivity index (χ4n) is 4.72. The summed E-state index contributed by atoms with van der Waals surface area (Å²) in [5, 5.41) is 13.0. The van der Waals surface area contributed by atoms with Crippen LogP contribution in [0.25, 0.3) is 5.69 Å². The van der Waals surface area contributed by atoms with Gasteiger partial charge in [0.15, 0.2) is 5.69 Å². The lowest BCUT2D eigenvalue weighted by molar-refractivity contribution is -0.136. The van der Waals surface area contributed by atoms with E-state index in [9.17, 15) is 23.6 Å². The highest BCUT2D eigenvalue weighted by Crippen LogP contribution is 2.42. The third-order valence-electron chi connectivity index (χ3n) is 6.77. The Hall–Kier alpha value is -4.41. The van der Waals surface area contributed by atoms with Gasteiger partial charge < -0.3 is 10.2 Å². The largest absolute Gasteiger partial charge is 0.322 e. The number of carbonyl (C=O) groups excluding carboxylic acids is 4. The summed E-state index contributed by atoms with van der Waals surface area (Å²) in [6, 6.07) is 8.92. The molecule has 11 heteroatoms. The summed E-state index contributed by atoms with van der Waals surface area (Å²) in [6.45, 7) is 0.226. The van der Waals surface area contributed by atoms with Crippen LogP contribution in [0.2, 0.25) is 0 Å². The molecule has 2 N–H and O–H groups in total. The number of piperidine rings is 1. The van der Waals surface area contributed by atoms with Crippen molar-refractivity contribution in [3.8, 4) is 5.69 Å². The Balaban J connectivity index is 1.18. The molecule has 3 heterocycles. The van der Waals surface area contributed by atoms with Crippen LogP contribution < -0.4 is 10.6 Å². The molecule has 4 amide bonds. The fourth-order valence-corrected chi connectivity index (χ4v) is 4.72. The zero-order valence-corrected chi connectivity index (χ0v) is 19.0. The van der Waals surface area contributed by atoms with Gasteiger partial charge in [-0.3, -0.25) is 24.5 Å². The highest BCUT2D eigenvalue weighted by atomic mass is 19.1. The van der Waals surface area contributed by atoms with Gasteiger partial charge in [-0.1, -0.05) is 5.21 Å². The molecule has 1 aromatic heterocycles. The standard InChI is InChI=1S/C25H21FN6O4/c26-19-6-3-15(10-18(19)13-1-2-13)27-23(34)20-12-32(30-29-20)16-4-5-17-14(9-16)11-31(25(17)36)21-7-8-22(33)28-24(21)35/h3-6,9-10,12-13,21H,1-2,7-8,11H2,(H,27,34)(H,28,33,35). The Morgan fingerprint density at radius 3 is 2.69 bits per heavy atom. The van der Waals surface area contributed by atoms with Gasteiger partial charge in [-0.2, -0.15) is 0 Å². The number of nitrogens with zero attached hydrogens (tertiary/aromatic N) is 4. The predicted molar refractivity (Wildman–Crippen MR) is 124 cm³/mol. The van der Waals surface area contributed by atoms with E-state index in [1.165, 1.54) is 27.9 Å². The van der Waals surface area contributed by atoms with Crippen LogP contribution in [0.5, 0.6) is 0 Å². The summed E-state index contributed by atoms with van der Waals surface area (Å²) in [7, 11) is 0. The van der Waals surface area contributed by atoms with Crippen LogP contribution in [0.15, 0.2) is 42.6 Å². The average Bonchev–Trinajstić information content (AvgIpc) is 3.49. The normalized spacial score (nSPS) is 19.3. The molecule has 3 aromatic rings. The van der Waals surface area contributed by atoms with Gasteiger partial charge in [0.05, 0.1) is 11.9 Å². The number of amides is 4. The van der Waals surface area contributed by atoms with Gasteiger partial charge in [-0.15, -0.1) is 5.10 Å². The molecular formula is C25H21FN6O4. The summed E-state index contributed by atoms with van der Waals surface area (Å²) in [4.78, 5) is 50.7. The maximum Gasteiger partial charge on any atom is 0.277 e. The Kier molecular flexibility index (Phi) is 5.13. The highest BCUT2D eigenvalue weighted by molar-refractivity contribution is 6.05. The fraction of sp³-hybridized carbons (Fsp3) is 0.280. The van der Waals surface area contributed by atoms with E-state index >= 15 is 0 Å². The predicted octanol–water partition coefficient (Wildman–Crippen LogP) is 2.30. The Morgan fingerprint density at radius 2 is 1.92 bits per heavy atom. The second-order valence-electron chi connectivity index (χ2n) is 9.25. The third kappa shape index (κ3) is 3.92. The lowest BCUT2D eigenvalue weighted by Crippen LogP contribution is -2.52. The number of nitrogens with one attached hydrogen (secondary N) is 2. The Bertz CT molecular complexity index is 1450. The molecule has 10 nitrogen and oxygen atoms in total. The molecule has 1 saturated carbocycles. The van der Waals surface area contributed by atoms with Crippen LogP contribution >= 0.6 is 0 Å². The molecule has 1 saturated heterocycles. The Labute approximate surface area is 204 Å². The number of benzene rings is 2. The first-order chi connectivity index (χ1) is 17.4. The average molecular weight is 488 g/mol. The van der Waals surface area contributed by atoms with Crippen LogP contribution in [0.3, 0.4) is 0 Å². The molecule has 2 aliphatic heterocycles. The number of hydrogen-bond acceptors (Lipinski definition) is 6. The van der Waals surface area contributed by atoms with Gasteiger partial charge in [0.2, 0.25) is 11.8 Å². The van der Waals surface area contributed by atoms with Gasteiger partial charge in [0.1, 0.15) is 11.9 Å². The summed E-state index contributed by atoms with van der Waals surface area (Å²) >= 11 is 0. The number of rotatable bonds is 5. The van der Waals surface area contributed by atoms with Crippen molar-refractivity contribution < 1.29 is 23.6 Å². The maximum atomic E-state index is 14.0. The number of hydrogen-bond donors (Lipinski definition) is 2. The molecule has 2 aromatic carbocycles. The van der Waals surface area contributed by atoms with Crippen molar-refractivity contribution in [2.75, 3.05) is 5.32 Å². The van der Waals surface area contributed by atoms with Gasteiger partial charge in [-0.05, 0) is 72.7 Å². The SMILES string of the molecule is O=C1CCC(N2Cc3cc(-n4cc(C(=O)Nc5ccc(F)c(C6CC6)c5)nn4)ccc3C2=O)C(=O)N1. The van der Waals surface area contributed by atoms with Crippen molar-refractivity contribution in [3.05, 3.63) is 70.8 Å². The number of carbonyl (C=O) groups is 4. The van der Waals surface area contributed by atoms with Gasteiger partial charge >= 0.3 is 0 Å². The van der Waals surface area contributed by atoms with E-state index in [4.69, 9.17) is 0 Å². The minimum Gasteiger partial charge on any atom is -0.322 e. The molecular weight excluding hydrogens is 467 g/mol. The molecule has 0 spiro atoms. The number of fused-ring (bicyclic) bond motifs is 1. The lowest BCUT2D eigenvalue weighted by Gasteiger charge is -2.29. The van der Waals surface area contributed by atoms with Crippen molar-refractivity contribution in [2.24, 2.45) is 0 Å². The minimum atomic E-state index is -0.695. The molecule has 1 unspecified atom stereocenters. The first kappa shape index (κ1) is 22.1. The molecule has 1 aliphatic carbocycles. The molecule has 3 aliphatic rings. The van der Waals surface area contributed by atoms with E-state index < -0.39 is 17.9 Å². The van der Waals surface area contributed by atoms with Crippen molar-refractivity contribution in [2.45, 2.75) is 44.2 Å². The number of aromatic nitrogens is 3. The number of imide groups is 1. The number of halogens is 1. The van der Waals surface area contributed by atoms with Crippen LogP contribution in [-0.2, 0) is 16.1 Å². The molecule has 0 radical (unpaired) electrons. The Morgan fingerprint density at radius 1 is 1.08 bits per heavy atom. The summed E-state index contributed by atoms with van der Waals surface area (Å²) in [6.07, 6.45) is 3.83. The van der Waals surface area contributed by atoms with Gasteiger partial charge in [0, 0.05) is 24.2 Å². The van der Waals surface area contributed by atoms with E-state index in [1.807, 2.05) is 0 Å². The topological polar surface area (TPSA) is 126 Å². The first-order valence-corrected chi connectivity index (χ1v) is 11.7. The third-order valence-corrected chi connectivity index (χ3v) is 6.77. The van der Waals surface area contributed by atoms with E-state index in [0.29, 0.717) is 28.1 Å². The molecule has 0 bridgehead atoms. The monoisotopic (exact) mass is 488 g/mol. The molecule has 6 rings (SSSR count). The van der Waals surface area contributed by atoms with Crippen LogP contribution in [0, 0.1) is 5.82 Å². The van der Waals surface area contributed by atoms with Crippen LogP contribution in [-0.4, -0.2) is 49.6 Å². The first-order valence-electron chi connectivity index (χ1n) is 11.7. The summed E-state index contributed by atoms with van der Waals surface area (Å²) in [5.41, 5.74) is 2.95. The molecule has 36 heavy (non-hydrogen) atoms. The molecule has 2 fully saturated rings. The smallest absolute Gasteiger partial charge is 0.277 e. The lowest BCUT2D eigenvalue weighted by atomic mass is 10.0. The van der Waals surface area contributed by atoms with Crippen molar-refractivity contribution in [1.82, 2.24) is 25.2 Å². The van der Waals surface area contributed by atoms with E-state index in [0.717, 1.165) is 12.8 Å². The van der Waals surface area contributed by atoms with E-state index in [2.05, 4.69) is 20.9 Å². The second-order valence-corrected chi connectivity index (χ2v) is 9.25. The molecule has 1 atom stereocenters. The maximum absolute atomic E-state index is 14.0. The zero-order chi connectivity index (χ0) is 25.0. The molecule has 182 valence electrons. The summed E-state index contributed by atoms with van der Waals surface area (Å²) in [5.74, 6) is -1.61. The van der Waals surface area contributed by atoms with Crippen molar-refractivity contribution >= 4 is 29.3 Å². The van der Waals surface area contributed by atoms with Crippen molar-refractivity contribution in [3.63, 3.8) is 0 Å². The van der Waals surface area contributed by atoms with E-state index in [-0.39, 0.29) is 48.6 Å². The van der Waals surface area contributed by atoms with Gasteiger partial charge in [-0.25, -0.2) is 9.07 Å². The van der Waals surface area contributed by atoms with Gasteiger partial charge in [0.25, 0.3) is 11.8 Å². The highest BCUT2D eigenvalue weighted by Gasteiger charge is 2.39. The van der Waals surface area contributed by atoms with Crippen molar-refractivity contribution in [1.29, 1.82) is 0 Å².